The standard InChI is InChI=1S/C19H26F2O.CH4.H2/c1-12-3-6-14(7-4-12)17-10-8-15(11-22-17)16-9-5-13(2)18(20)19(16)21;;/h5,9,12,14-15,17H,3-4,6-8,10-11H2,1-2H3;1H4;1H/t12?,14?,15-,17?;;/m1../s1. The van der Waals surface area contributed by atoms with E-state index in [0.29, 0.717) is 29.8 Å². The summed E-state index contributed by atoms with van der Waals surface area (Å²) in [5.41, 5.74) is 0.853. The smallest absolute Gasteiger partial charge is 0.162 e. The van der Waals surface area contributed by atoms with Crippen molar-refractivity contribution in [2.24, 2.45) is 11.8 Å². The van der Waals surface area contributed by atoms with Crippen LogP contribution >= 0.6 is 0 Å². The fourth-order valence-electron chi connectivity index (χ4n) is 4.02. The lowest BCUT2D eigenvalue weighted by molar-refractivity contribution is -0.0432. The molecule has 0 spiro atoms. The predicted molar refractivity (Wildman–Crippen MR) is 92.8 cm³/mol. The van der Waals surface area contributed by atoms with Gasteiger partial charge in [-0.15, -0.1) is 0 Å². The molecule has 0 amide bonds. The summed E-state index contributed by atoms with van der Waals surface area (Å²) >= 11 is 0. The van der Waals surface area contributed by atoms with Crippen molar-refractivity contribution in [2.45, 2.75) is 71.8 Å². The minimum Gasteiger partial charge on any atom is -0.377 e. The quantitative estimate of drug-likeness (QED) is 0.624. The first kappa shape index (κ1) is 18.4. The second-order valence-electron chi connectivity index (χ2n) is 7.27. The van der Waals surface area contributed by atoms with Crippen LogP contribution in [0.1, 0.15) is 71.3 Å². The van der Waals surface area contributed by atoms with Gasteiger partial charge in [-0.25, -0.2) is 8.78 Å². The predicted octanol–water partition coefficient (Wildman–Crippen LogP) is 6.24. The molecular formula is C20H32F2O. The normalized spacial score (nSPS) is 31.5. The van der Waals surface area contributed by atoms with Crippen LogP contribution in [-0.2, 0) is 4.74 Å². The molecule has 1 aliphatic carbocycles. The first-order chi connectivity index (χ1) is 10.6. The first-order valence-corrected chi connectivity index (χ1v) is 8.62. The maximum atomic E-state index is 14.1. The fraction of sp³-hybridized carbons (Fsp3) is 0.700. The van der Waals surface area contributed by atoms with Gasteiger partial charge in [0, 0.05) is 7.34 Å². The van der Waals surface area contributed by atoms with Gasteiger partial charge in [0.25, 0.3) is 0 Å². The Labute approximate surface area is 140 Å². The zero-order valence-corrected chi connectivity index (χ0v) is 13.6. The van der Waals surface area contributed by atoms with Gasteiger partial charge in [0.1, 0.15) is 0 Å². The molecule has 1 saturated carbocycles. The molecule has 0 N–H and O–H groups in total. The minimum atomic E-state index is -0.708. The third-order valence-electron chi connectivity index (χ3n) is 5.64. The summed E-state index contributed by atoms with van der Waals surface area (Å²) < 4.78 is 33.9. The second-order valence-corrected chi connectivity index (χ2v) is 7.27. The summed E-state index contributed by atoms with van der Waals surface area (Å²) in [6.45, 7) is 4.44. The first-order valence-electron chi connectivity index (χ1n) is 8.62. The van der Waals surface area contributed by atoms with Gasteiger partial charge in [0.2, 0.25) is 0 Å². The van der Waals surface area contributed by atoms with E-state index in [1.165, 1.54) is 25.7 Å². The summed E-state index contributed by atoms with van der Waals surface area (Å²) in [4.78, 5) is 0. The molecule has 2 atom stereocenters. The number of hydrogen-bond donors (Lipinski definition) is 0. The Kier molecular flexibility index (Phi) is 6.19. The third kappa shape index (κ3) is 3.93. The molecule has 0 bridgehead atoms. The number of benzene rings is 1. The van der Waals surface area contributed by atoms with Crippen LogP contribution in [0.2, 0.25) is 0 Å². The van der Waals surface area contributed by atoms with E-state index < -0.39 is 11.6 Å². The van der Waals surface area contributed by atoms with Gasteiger partial charge >= 0.3 is 0 Å². The Balaban J connectivity index is 0.00000144. The van der Waals surface area contributed by atoms with Crippen molar-refractivity contribution in [3.05, 3.63) is 34.9 Å². The Bertz CT molecular complexity index is 519. The van der Waals surface area contributed by atoms with Crippen molar-refractivity contribution in [1.29, 1.82) is 0 Å². The van der Waals surface area contributed by atoms with Crippen molar-refractivity contribution in [3.8, 4) is 0 Å². The van der Waals surface area contributed by atoms with E-state index in [-0.39, 0.29) is 14.8 Å². The summed E-state index contributed by atoms with van der Waals surface area (Å²) in [6.07, 6.45) is 7.29. The van der Waals surface area contributed by atoms with Gasteiger partial charge in [-0.3, -0.25) is 0 Å². The number of halogens is 2. The summed E-state index contributed by atoms with van der Waals surface area (Å²) in [6, 6.07) is 3.40. The highest BCUT2D eigenvalue weighted by atomic mass is 19.2. The van der Waals surface area contributed by atoms with Crippen molar-refractivity contribution >= 4 is 0 Å². The largest absolute Gasteiger partial charge is 0.377 e. The van der Waals surface area contributed by atoms with Gasteiger partial charge in [0.15, 0.2) is 11.6 Å². The Morgan fingerprint density at radius 3 is 2.30 bits per heavy atom. The Morgan fingerprint density at radius 2 is 1.70 bits per heavy atom. The molecule has 1 unspecified atom stereocenters. The van der Waals surface area contributed by atoms with Gasteiger partial charge < -0.3 is 4.74 Å². The van der Waals surface area contributed by atoms with E-state index in [2.05, 4.69) is 6.92 Å². The van der Waals surface area contributed by atoms with Gasteiger partial charge in [0.05, 0.1) is 12.7 Å². The van der Waals surface area contributed by atoms with Gasteiger partial charge in [-0.05, 0) is 55.6 Å². The lowest BCUT2D eigenvalue weighted by atomic mass is 9.77. The Morgan fingerprint density at radius 1 is 1.00 bits per heavy atom. The van der Waals surface area contributed by atoms with Crippen molar-refractivity contribution in [3.63, 3.8) is 0 Å². The maximum absolute atomic E-state index is 14.1. The topological polar surface area (TPSA) is 9.23 Å². The van der Waals surface area contributed by atoms with E-state index in [1.54, 1.807) is 19.1 Å². The zero-order chi connectivity index (χ0) is 15.7. The van der Waals surface area contributed by atoms with Crippen molar-refractivity contribution in [1.82, 2.24) is 0 Å². The number of rotatable bonds is 2. The highest BCUT2D eigenvalue weighted by Gasteiger charge is 2.32. The molecule has 3 rings (SSSR count). The van der Waals surface area contributed by atoms with Crippen LogP contribution in [0.4, 0.5) is 8.78 Å². The molecular weight excluding hydrogens is 294 g/mol. The molecule has 1 nitrogen and oxygen atoms in total. The van der Waals surface area contributed by atoms with Crippen LogP contribution in [0.15, 0.2) is 12.1 Å². The lowest BCUT2D eigenvalue weighted by Crippen LogP contribution is -2.33. The minimum absolute atomic E-state index is 0. The molecule has 0 aromatic heterocycles. The van der Waals surface area contributed by atoms with Crippen LogP contribution in [0.25, 0.3) is 0 Å². The molecule has 1 aromatic carbocycles. The molecule has 2 aliphatic rings. The summed E-state index contributed by atoms with van der Waals surface area (Å²) in [5.74, 6) is 0.113. The van der Waals surface area contributed by atoms with Crippen LogP contribution in [0, 0.1) is 30.4 Å². The fourth-order valence-corrected chi connectivity index (χ4v) is 4.02. The summed E-state index contributed by atoms with van der Waals surface area (Å²) in [5, 5.41) is 0. The average Bonchev–Trinajstić information content (AvgIpc) is 2.54. The molecule has 23 heavy (non-hydrogen) atoms. The molecule has 3 heteroatoms. The average molecular weight is 326 g/mol. The lowest BCUT2D eigenvalue weighted by Gasteiger charge is -2.37. The highest BCUT2D eigenvalue weighted by molar-refractivity contribution is 5.28. The SMILES string of the molecule is C.Cc1ccc([C@@H]2CCC(C3CCC(C)CC3)OC2)c(F)c1F.[HH]. The van der Waals surface area contributed by atoms with E-state index >= 15 is 0 Å². The maximum Gasteiger partial charge on any atom is 0.162 e. The van der Waals surface area contributed by atoms with Crippen molar-refractivity contribution in [2.75, 3.05) is 6.61 Å². The number of hydrogen-bond acceptors (Lipinski definition) is 1. The van der Waals surface area contributed by atoms with E-state index in [9.17, 15) is 8.78 Å². The highest BCUT2D eigenvalue weighted by Crippen LogP contribution is 2.38. The van der Waals surface area contributed by atoms with Gasteiger partial charge in [-0.2, -0.15) is 0 Å². The second kappa shape index (κ2) is 7.74. The number of aryl methyl sites for hydroxylation is 1. The molecule has 1 aliphatic heterocycles. The molecule has 1 saturated heterocycles. The van der Waals surface area contributed by atoms with E-state index in [4.69, 9.17) is 4.74 Å². The molecule has 132 valence electrons. The van der Waals surface area contributed by atoms with Crippen LogP contribution in [0.5, 0.6) is 0 Å². The molecule has 1 aromatic rings. The number of ether oxygens (including phenoxy) is 1. The van der Waals surface area contributed by atoms with Gasteiger partial charge in [-0.1, -0.05) is 39.3 Å². The van der Waals surface area contributed by atoms with Crippen LogP contribution in [0.3, 0.4) is 0 Å². The van der Waals surface area contributed by atoms with E-state index in [0.717, 1.165) is 18.8 Å². The Hall–Kier alpha value is -0.960. The van der Waals surface area contributed by atoms with Crippen molar-refractivity contribution < 1.29 is 14.9 Å². The molecule has 1 heterocycles. The summed E-state index contributed by atoms with van der Waals surface area (Å²) in [7, 11) is 0. The molecule has 2 fully saturated rings. The van der Waals surface area contributed by atoms with E-state index in [1.807, 2.05) is 0 Å². The third-order valence-corrected chi connectivity index (χ3v) is 5.64. The van der Waals surface area contributed by atoms with Crippen LogP contribution < -0.4 is 0 Å². The monoisotopic (exact) mass is 326 g/mol. The molecule has 0 radical (unpaired) electrons. The van der Waals surface area contributed by atoms with Crippen LogP contribution in [-0.4, -0.2) is 12.7 Å². The zero-order valence-electron chi connectivity index (χ0n) is 13.6.